The lowest BCUT2D eigenvalue weighted by Crippen LogP contribution is -2.13. The molecule has 0 radical (unpaired) electrons. The van der Waals surface area contributed by atoms with E-state index >= 15 is 0 Å². The van der Waals surface area contributed by atoms with Crippen LogP contribution in [0.25, 0.3) is 11.4 Å². The average molecular weight is 358 g/mol. The maximum atomic E-state index is 12.6. The van der Waals surface area contributed by atoms with Gasteiger partial charge in [-0.25, -0.2) is 4.68 Å². The Balaban J connectivity index is 1.89. The van der Waals surface area contributed by atoms with Gasteiger partial charge in [0.05, 0.1) is 12.8 Å². The molecule has 128 valence electrons. The number of halogens is 1. The van der Waals surface area contributed by atoms with E-state index in [1.165, 1.54) is 7.11 Å². The molecule has 0 aliphatic rings. The molecule has 0 unspecified atom stereocenters. The Kier molecular flexibility index (Phi) is 4.95. The molecule has 3 aromatic rings. The molecule has 0 atom stereocenters. The number of benzene rings is 2. The highest BCUT2D eigenvalue weighted by Crippen LogP contribution is 2.28. The molecule has 2 aromatic carbocycles. The first kappa shape index (κ1) is 16.9. The van der Waals surface area contributed by atoms with Crippen LogP contribution in [-0.2, 0) is 6.54 Å². The summed E-state index contributed by atoms with van der Waals surface area (Å²) in [5.74, 6) is 0.860. The number of hydrogen-bond donors (Lipinski definition) is 1. The quantitative estimate of drug-likeness (QED) is 0.757. The predicted octanol–water partition coefficient (Wildman–Crippen LogP) is 3.27. The maximum absolute atomic E-state index is 12.6. The van der Waals surface area contributed by atoms with E-state index in [2.05, 4.69) is 20.8 Å². The number of carbonyl (C=O) groups excluding carboxylic acids is 1. The maximum Gasteiger partial charge on any atom is 0.255 e. The first-order valence-corrected chi connectivity index (χ1v) is 8.01. The molecule has 1 N–H and O–H groups in total. The van der Waals surface area contributed by atoms with Crippen LogP contribution in [0.15, 0.2) is 42.5 Å². The van der Waals surface area contributed by atoms with Gasteiger partial charge in [0.15, 0.2) is 5.82 Å². The Morgan fingerprint density at radius 3 is 2.88 bits per heavy atom. The minimum absolute atomic E-state index is 0.280. The number of aryl methyl sites for hydroxylation is 1. The van der Waals surface area contributed by atoms with Crippen LogP contribution in [0.5, 0.6) is 5.75 Å². The molecular formula is C17H16ClN5O2. The lowest BCUT2D eigenvalue weighted by Gasteiger charge is -2.11. The first-order chi connectivity index (χ1) is 12.1. The molecule has 7 nitrogen and oxygen atoms in total. The van der Waals surface area contributed by atoms with E-state index in [-0.39, 0.29) is 5.91 Å². The van der Waals surface area contributed by atoms with Gasteiger partial charge in [0.2, 0.25) is 0 Å². The van der Waals surface area contributed by atoms with Gasteiger partial charge < -0.3 is 10.1 Å². The smallest absolute Gasteiger partial charge is 0.255 e. The van der Waals surface area contributed by atoms with Gasteiger partial charge in [0.1, 0.15) is 5.75 Å². The zero-order valence-electron chi connectivity index (χ0n) is 13.7. The fourth-order valence-corrected chi connectivity index (χ4v) is 2.57. The summed E-state index contributed by atoms with van der Waals surface area (Å²) < 4.78 is 6.91. The van der Waals surface area contributed by atoms with E-state index in [4.69, 9.17) is 16.3 Å². The van der Waals surface area contributed by atoms with Crippen molar-refractivity contribution in [2.45, 2.75) is 13.5 Å². The molecule has 8 heteroatoms. The zero-order chi connectivity index (χ0) is 17.8. The van der Waals surface area contributed by atoms with E-state index in [0.717, 1.165) is 5.56 Å². The molecule has 0 aliphatic heterocycles. The summed E-state index contributed by atoms with van der Waals surface area (Å²) in [7, 11) is 1.53. The lowest BCUT2D eigenvalue weighted by molar-refractivity contribution is 0.102. The van der Waals surface area contributed by atoms with E-state index in [0.29, 0.717) is 34.4 Å². The van der Waals surface area contributed by atoms with Gasteiger partial charge >= 0.3 is 0 Å². The fraction of sp³-hybridized carbons (Fsp3) is 0.176. The number of methoxy groups -OCH3 is 1. The van der Waals surface area contributed by atoms with Crippen LogP contribution < -0.4 is 10.1 Å². The molecule has 0 saturated heterocycles. The Labute approximate surface area is 149 Å². The Morgan fingerprint density at radius 1 is 1.28 bits per heavy atom. The standard InChI is InChI=1S/C17H16ClN5O2/c1-3-23-16(20-21-22-23)11-5-4-6-12(9-11)17(24)19-14-10-13(18)7-8-15(14)25-2/h4-10H,3H2,1-2H3,(H,19,24). The molecule has 1 heterocycles. The average Bonchev–Trinajstić information content (AvgIpc) is 3.11. The van der Waals surface area contributed by atoms with Gasteiger partial charge in [-0.2, -0.15) is 0 Å². The highest BCUT2D eigenvalue weighted by molar-refractivity contribution is 6.31. The van der Waals surface area contributed by atoms with E-state index in [1.54, 1.807) is 41.1 Å². The molecule has 0 saturated carbocycles. The van der Waals surface area contributed by atoms with E-state index < -0.39 is 0 Å². The van der Waals surface area contributed by atoms with Crippen LogP contribution in [-0.4, -0.2) is 33.2 Å². The summed E-state index contributed by atoms with van der Waals surface area (Å²) in [6.45, 7) is 2.58. The molecule has 3 rings (SSSR count). The summed E-state index contributed by atoms with van der Waals surface area (Å²) >= 11 is 6.00. The largest absolute Gasteiger partial charge is 0.495 e. The van der Waals surface area contributed by atoms with E-state index in [9.17, 15) is 4.79 Å². The second kappa shape index (κ2) is 7.31. The van der Waals surface area contributed by atoms with Crippen LogP contribution in [0, 0.1) is 0 Å². The number of tetrazole rings is 1. The van der Waals surface area contributed by atoms with Crippen molar-refractivity contribution in [3.8, 4) is 17.1 Å². The molecule has 0 fully saturated rings. The van der Waals surface area contributed by atoms with Crippen molar-refractivity contribution in [3.63, 3.8) is 0 Å². The lowest BCUT2D eigenvalue weighted by atomic mass is 10.1. The molecule has 25 heavy (non-hydrogen) atoms. The van der Waals surface area contributed by atoms with Crippen LogP contribution in [0.3, 0.4) is 0 Å². The molecule has 1 amide bonds. The van der Waals surface area contributed by atoms with Crippen molar-refractivity contribution in [3.05, 3.63) is 53.1 Å². The first-order valence-electron chi connectivity index (χ1n) is 7.64. The van der Waals surface area contributed by atoms with Crippen molar-refractivity contribution in [1.29, 1.82) is 0 Å². The van der Waals surface area contributed by atoms with Crippen LogP contribution in [0.4, 0.5) is 5.69 Å². The molecule has 0 spiro atoms. The summed E-state index contributed by atoms with van der Waals surface area (Å²) in [6.07, 6.45) is 0. The summed E-state index contributed by atoms with van der Waals surface area (Å²) in [6, 6.07) is 12.1. The SMILES string of the molecule is CCn1nnnc1-c1cccc(C(=O)Nc2cc(Cl)ccc2OC)c1. The Hall–Kier alpha value is -2.93. The van der Waals surface area contributed by atoms with Crippen LogP contribution >= 0.6 is 11.6 Å². The van der Waals surface area contributed by atoms with Crippen LogP contribution in [0.1, 0.15) is 17.3 Å². The number of nitrogens with one attached hydrogen (secondary N) is 1. The van der Waals surface area contributed by atoms with Crippen molar-refractivity contribution < 1.29 is 9.53 Å². The monoisotopic (exact) mass is 357 g/mol. The normalized spacial score (nSPS) is 10.5. The highest BCUT2D eigenvalue weighted by atomic mass is 35.5. The number of anilines is 1. The van der Waals surface area contributed by atoms with Crippen molar-refractivity contribution in [2.24, 2.45) is 0 Å². The second-order valence-electron chi connectivity index (χ2n) is 5.20. The fourth-order valence-electron chi connectivity index (χ4n) is 2.40. The van der Waals surface area contributed by atoms with Crippen molar-refractivity contribution in [1.82, 2.24) is 20.2 Å². The Morgan fingerprint density at radius 2 is 2.12 bits per heavy atom. The van der Waals surface area contributed by atoms with E-state index in [1.807, 2.05) is 13.0 Å². The van der Waals surface area contributed by atoms with Gasteiger partial charge in [-0.05, 0) is 47.7 Å². The summed E-state index contributed by atoms with van der Waals surface area (Å²) in [5, 5.41) is 14.9. The van der Waals surface area contributed by atoms with Crippen molar-refractivity contribution in [2.75, 3.05) is 12.4 Å². The topological polar surface area (TPSA) is 81.9 Å². The number of rotatable bonds is 5. The second-order valence-corrected chi connectivity index (χ2v) is 5.63. The molecule has 1 aromatic heterocycles. The molecule has 0 aliphatic carbocycles. The summed E-state index contributed by atoms with van der Waals surface area (Å²) in [4.78, 5) is 12.6. The van der Waals surface area contributed by atoms with Gasteiger partial charge in [0, 0.05) is 22.7 Å². The van der Waals surface area contributed by atoms with Gasteiger partial charge in [-0.15, -0.1) is 5.10 Å². The molecule has 0 bridgehead atoms. The predicted molar refractivity (Wildman–Crippen MR) is 94.9 cm³/mol. The van der Waals surface area contributed by atoms with Gasteiger partial charge in [0.25, 0.3) is 5.91 Å². The van der Waals surface area contributed by atoms with Crippen LogP contribution in [0.2, 0.25) is 5.02 Å². The number of aromatic nitrogens is 4. The zero-order valence-corrected chi connectivity index (χ0v) is 14.5. The number of ether oxygens (including phenoxy) is 1. The van der Waals surface area contributed by atoms with Gasteiger partial charge in [-0.1, -0.05) is 23.7 Å². The summed E-state index contributed by atoms with van der Waals surface area (Å²) in [5.41, 5.74) is 1.74. The highest BCUT2D eigenvalue weighted by Gasteiger charge is 2.13. The minimum atomic E-state index is -0.280. The number of amides is 1. The number of carbonyl (C=O) groups is 1. The molecular weight excluding hydrogens is 342 g/mol. The third kappa shape index (κ3) is 3.61. The van der Waals surface area contributed by atoms with Gasteiger partial charge in [-0.3, -0.25) is 4.79 Å². The third-order valence-corrected chi connectivity index (χ3v) is 3.86. The number of nitrogens with zero attached hydrogens (tertiary/aromatic N) is 4. The Bertz CT molecular complexity index is 910. The minimum Gasteiger partial charge on any atom is -0.495 e. The third-order valence-electron chi connectivity index (χ3n) is 3.62. The number of hydrogen-bond acceptors (Lipinski definition) is 5. The van der Waals surface area contributed by atoms with Crippen molar-refractivity contribution >= 4 is 23.2 Å².